The quantitative estimate of drug-likeness (QED) is 0.0391. The number of hydrogen-bond donors (Lipinski definition) is 1. The Bertz CT molecular complexity index is 4230. The number of sulfone groups is 1. The van der Waals surface area contributed by atoms with Crippen LogP contribution in [0.3, 0.4) is 0 Å². The van der Waals surface area contributed by atoms with Crippen LogP contribution < -0.4 is 14.2 Å². The van der Waals surface area contributed by atoms with Gasteiger partial charge in [-0.15, -0.1) is 0 Å². The Morgan fingerprint density at radius 3 is 0.914 bits per heavy atom. The monoisotopic (exact) mass is 1660 g/mol. The minimum atomic E-state index is -3.26. The summed E-state index contributed by atoms with van der Waals surface area (Å²) in [6, 6.07) is 23.8. The number of nitrogens with one attached hydrogen (secondary N) is 1. The summed E-state index contributed by atoms with van der Waals surface area (Å²) in [5, 5.41) is 1.13. The summed E-state index contributed by atoms with van der Waals surface area (Å²) in [4.78, 5) is 6.48. The molecule has 0 saturated carbocycles. The third-order valence-corrected chi connectivity index (χ3v) is 30.3. The number of H-pyrrole nitrogens is 1. The third kappa shape index (κ3) is 31.8. The van der Waals surface area contributed by atoms with Crippen LogP contribution in [0.15, 0.2) is 83.8 Å². The molecule has 104 heteroatoms. The first-order valence-corrected chi connectivity index (χ1v) is 47.8. The highest BCUT2D eigenvalue weighted by Crippen LogP contribution is 2.50. The fourth-order valence-corrected chi connectivity index (χ4v) is 24.4. The van der Waals surface area contributed by atoms with E-state index in [-0.39, 0.29) is 29.4 Å². The molecule has 4 aromatic carbocycles. The van der Waals surface area contributed by atoms with Crippen molar-refractivity contribution < 1.29 is 27.0 Å². The largest absolute Gasteiger partial charge is 0.497 e. The Hall–Kier alpha value is 1.83. The van der Waals surface area contributed by atoms with Gasteiger partial charge in [-0.05, 0) is 95.3 Å². The number of ether oxygens (including phenoxy) is 3. The molecular weight excluding hydrogens is 1610 g/mol. The molecule has 5 aromatic rings. The van der Waals surface area contributed by atoms with Crippen molar-refractivity contribution in [3.8, 4) is 17.2 Å². The van der Waals surface area contributed by atoms with Crippen molar-refractivity contribution in [2.75, 3.05) is 27.0 Å². The molecule has 0 spiro atoms. The lowest BCUT2D eigenvalue weighted by Gasteiger charge is -2.63. The first-order chi connectivity index (χ1) is 64.5. The van der Waals surface area contributed by atoms with Crippen molar-refractivity contribution >= 4 is 693 Å². The van der Waals surface area contributed by atoms with E-state index in [0.717, 1.165) is 59.9 Å². The number of methoxy groups -OCH3 is 2. The first-order valence-electron chi connectivity index (χ1n) is 45.9. The van der Waals surface area contributed by atoms with Gasteiger partial charge in [-0.3, -0.25) is 4.90 Å². The van der Waals surface area contributed by atoms with E-state index in [0.29, 0.717) is 11.5 Å². The predicted octanol–water partition coefficient (Wildman–Crippen LogP) is -29.6. The SMILES string of the molecule is COc1ccc2[nH]c3c(c2c1)CC1c2cc(OC)c(OCc4ccc(S(C)(=O)=O)cc4)cc2CCN1C3c1ccc(F)cc1.[B][B]B([B])B(B([B])[B])B(B(B([B])[B])B([B])[B])B(B(B(B([B])[B])B([B])[B])B(B([B])[B])B([B])[B])B(B(B(B(B([B])[B])B([B])[B])B(B([B])[B])B([B])[B])B(B(B([B])[B])B([B])[B])B(B([B])[B])B([B])[B])B(B(B(B([B])[B])B([B])[B])B(B([B])[B])B([B])[B])B(B(B([B])[B])B([B])[B])B(B([B])[B])B([B])[B]. The van der Waals surface area contributed by atoms with E-state index in [1.54, 1.807) is 38.5 Å². The van der Waals surface area contributed by atoms with E-state index in [1.807, 2.05) is 18.2 Å². The molecule has 2 atom stereocenters. The van der Waals surface area contributed by atoms with Gasteiger partial charge < -0.3 is 19.2 Å². The van der Waals surface area contributed by atoms with Crippen LogP contribution in [0.4, 0.5) is 4.39 Å². The summed E-state index contributed by atoms with van der Waals surface area (Å²) in [7, 11) is 340. The van der Waals surface area contributed by atoms with Gasteiger partial charge in [0.05, 0.1) is 25.2 Å². The van der Waals surface area contributed by atoms with Crippen LogP contribution in [-0.2, 0) is 29.3 Å². The second-order valence-corrected chi connectivity index (χ2v) is 40.3. The van der Waals surface area contributed by atoms with Gasteiger partial charge in [-0.25, -0.2) is 12.8 Å². The maximum atomic E-state index is 14.0. The Labute approximate surface area is 919 Å². The Morgan fingerprint density at radius 2 is 0.647 bits per heavy atom. The Balaban J connectivity index is 0.000000548. The lowest BCUT2D eigenvalue weighted by molar-refractivity contribution is 0.127. The van der Waals surface area contributed by atoms with Gasteiger partial charge in [-0.1, -0.05) is 24.3 Å². The maximum absolute atomic E-state index is 14.0. The topological polar surface area (TPSA) is 80.9 Å². The summed E-state index contributed by atoms with van der Waals surface area (Å²) < 4.78 is 55.3. The zero-order valence-electron chi connectivity index (χ0n) is 79.6. The smallest absolute Gasteiger partial charge is 0.175 e. The summed E-state index contributed by atoms with van der Waals surface area (Å²) in [5.41, 5.74) is 7.70. The van der Waals surface area contributed by atoms with E-state index in [9.17, 15) is 12.8 Å². The molecule has 1 N–H and O–H groups in total. The zero-order valence-corrected chi connectivity index (χ0v) is 80.4. The molecular formula is C35H33B95FN2O5S. The van der Waals surface area contributed by atoms with Gasteiger partial charge in [0.25, 0.3) is 0 Å². The van der Waals surface area contributed by atoms with Crippen molar-refractivity contribution in [1.82, 2.24) is 9.88 Å². The molecule has 7 rings (SSSR count). The summed E-state index contributed by atoms with van der Waals surface area (Å²) in [6.07, 6.45) is -81.9. The van der Waals surface area contributed by atoms with Crippen LogP contribution in [0.1, 0.15) is 45.6 Å². The summed E-state index contributed by atoms with van der Waals surface area (Å²) in [6.45, 7) is 1.10. The molecule has 511 valence electrons. The minimum Gasteiger partial charge on any atom is -0.497 e. The summed E-state index contributed by atoms with van der Waals surface area (Å²) >= 11 is 0. The molecule has 0 bridgehead atoms. The number of hydrogen-bond acceptors (Lipinski definition) is 6. The van der Waals surface area contributed by atoms with E-state index in [1.165, 1.54) is 35.1 Å². The fraction of sp³-hybridized carbons (Fsp3) is 0.257. The standard InChI is InChI=1S/C35H33FN2O5S.B95/c1-41-25-10-13-30-28(17-25)29-18-31-27-19-32(42-2)33(43-20-21-4-11-26(12-5-21)44(3,39)40)16-23(27)14-15-38(31)35(34(29)37-30)22-6-8-24(36)9-7-22;1-49-73(48)85(72(46)47)91(84(70(42)43)71(44)45)94(90(82(66(34)35)67(36)37)83(68(38)39)69(40)41)95(92(86(74(50(2)3)51(4)5)75(52(6)7)53(8)9)87(76(54(10)11)55(12)13)77(56(14)15)57(16)17)93(88(78(58(18)19)59(20)21)79(60(22)23)61(24)25)89(80(62(26)27)63(28)29)81(64(30)31)65(32)33/h4-13,16-17,19,31,35,37H,14-15,18,20H2,1-3H3;. The van der Waals surface area contributed by atoms with Gasteiger partial charge >= 0.3 is 0 Å². The molecule has 0 fully saturated rings. The zero-order chi connectivity index (χ0) is 106. The van der Waals surface area contributed by atoms with Crippen molar-refractivity contribution in [2.24, 2.45) is 0 Å². The van der Waals surface area contributed by atoms with Crippen LogP contribution in [0.5, 0.6) is 17.2 Å². The molecule has 2 aliphatic heterocycles. The molecule has 7 nitrogen and oxygen atoms in total. The summed E-state index contributed by atoms with van der Waals surface area (Å²) in [5.74, 6) is 1.84. The first kappa shape index (κ1) is 129. The van der Waals surface area contributed by atoms with Crippen LogP contribution in [-0.4, -0.2) is 717 Å². The third-order valence-electron chi connectivity index (χ3n) is 29.1. The van der Waals surface area contributed by atoms with Crippen LogP contribution in [0, 0.1) is 5.82 Å². The average Bonchev–Trinajstić information content (AvgIpc) is 1.43. The molecule has 97 radical (unpaired) electrons. The average molecular weight is 1640 g/mol. The van der Waals surface area contributed by atoms with Crippen molar-refractivity contribution in [2.45, 2.75) is 36.4 Å². The van der Waals surface area contributed by atoms with Crippen molar-refractivity contribution in [3.05, 3.63) is 118 Å². The van der Waals surface area contributed by atoms with Crippen LogP contribution in [0.2, 0.25) is 0 Å². The number of nitrogens with zero attached hydrogens (tertiary/aromatic N) is 1. The maximum Gasteiger partial charge on any atom is 0.175 e. The van der Waals surface area contributed by atoms with Crippen molar-refractivity contribution in [3.63, 3.8) is 0 Å². The molecule has 0 amide bonds. The molecule has 2 aliphatic rings. The van der Waals surface area contributed by atoms with Gasteiger partial charge in [0.15, 0.2) is 21.3 Å². The number of aromatic amines is 1. The van der Waals surface area contributed by atoms with Crippen molar-refractivity contribution in [1.29, 1.82) is 0 Å². The van der Waals surface area contributed by atoms with E-state index >= 15 is 0 Å². The Morgan fingerprint density at radius 1 is 0.360 bits per heavy atom. The predicted molar refractivity (Wildman–Crippen MR) is 713 cm³/mol. The molecule has 0 aliphatic carbocycles. The highest BCUT2D eigenvalue weighted by molar-refractivity contribution is 8.43. The van der Waals surface area contributed by atoms with Crippen LogP contribution in [0.25, 0.3) is 10.9 Å². The molecule has 2 unspecified atom stereocenters. The fourth-order valence-electron chi connectivity index (χ4n) is 23.8. The number of fused-ring (bicyclic) bond motifs is 6. The minimum absolute atomic E-state index is 0.0676. The lowest BCUT2D eigenvalue weighted by atomic mass is 8.18. The van der Waals surface area contributed by atoms with Gasteiger partial charge in [0, 0.05) is 708 Å². The molecule has 1 aromatic heterocycles. The van der Waals surface area contributed by atoms with Gasteiger partial charge in [0.1, 0.15) is 18.2 Å². The second kappa shape index (κ2) is 57.9. The van der Waals surface area contributed by atoms with Gasteiger partial charge in [0.2, 0.25) is 0 Å². The highest BCUT2D eigenvalue weighted by Gasteiger charge is 2.68. The van der Waals surface area contributed by atoms with E-state index < -0.39 is 304 Å². The van der Waals surface area contributed by atoms with Crippen LogP contribution >= 0.6 is 0 Å². The lowest BCUT2D eigenvalue weighted by Crippen LogP contribution is -3.01. The molecule has 0 saturated heterocycles. The number of aromatic nitrogens is 1. The number of halogens is 1. The van der Waals surface area contributed by atoms with Gasteiger partial charge in [-0.2, -0.15) is 0 Å². The molecule has 139 heavy (non-hydrogen) atoms. The van der Waals surface area contributed by atoms with E-state index in [4.69, 9.17) is 386 Å². The highest BCUT2D eigenvalue weighted by atomic mass is 32.2. The normalized spacial score (nSPS) is 12.4. The Kier molecular flexibility index (Phi) is 53.9. The number of benzene rings is 4. The molecule has 3 heterocycles. The van der Waals surface area contributed by atoms with E-state index in [2.05, 4.69) is 34.1 Å². The number of rotatable bonds is 53. The second-order valence-electron chi connectivity index (χ2n) is 38.2.